The van der Waals surface area contributed by atoms with Crippen LogP contribution in [0.5, 0.6) is 0 Å². The minimum atomic E-state index is 0.200. The lowest BCUT2D eigenvalue weighted by molar-refractivity contribution is -0.131. The summed E-state index contributed by atoms with van der Waals surface area (Å²) in [6.07, 6.45) is 0.494. The lowest BCUT2D eigenvalue weighted by Gasteiger charge is -2.28. The maximum atomic E-state index is 11.6. The summed E-state index contributed by atoms with van der Waals surface area (Å²) in [6.45, 7) is 3.41. The topological polar surface area (TPSA) is 46.3 Å². The van der Waals surface area contributed by atoms with Crippen LogP contribution in [0.3, 0.4) is 0 Å². The molecule has 1 aromatic carbocycles. The second-order valence-corrected chi connectivity index (χ2v) is 3.57. The van der Waals surface area contributed by atoms with Crippen LogP contribution in [0, 0.1) is 0 Å². The highest BCUT2D eigenvalue weighted by molar-refractivity contribution is 5.82. The summed E-state index contributed by atoms with van der Waals surface area (Å²) in [7, 11) is 0. The quantitative estimate of drug-likeness (QED) is 0.676. The van der Waals surface area contributed by atoms with E-state index >= 15 is 0 Å². The molecule has 2 rings (SSSR count). The number of nitrogen functional groups attached to an aromatic ring is 1. The second kappa shape index (κ2) is 3.33. The largest absolute Gasteiger partial charge is 0.398 e. The Kier molecular flexibility index (Phi) is 2.15. The molecule has 0 atom stereocenters. The number of benzene rings is 1. The van der Waals surface area contributed by atoms with Gasteiger partial charge < -0.3 is 10.6 Å². The van der Waals surface area contributed by atoms with Gasteiger partial charge in [0.1, 0.15) is 0 Å². The zero-order chi connectivity index (χ0) is 10.1. The highest BCUT2D eigenvalue weighted by Gasteiger charge is 2.22. The predicted octanol–water partition coefficient (Wildman–Crippen LogP) is 1.17. The maximum Gasteiger partial charge on any atom is 0.227 e. The van der Waals surface area contributed by atoms with Crippen molar-refractivity contribution in [1.29, 1.82) is 0 Å². The molecular weight excluding hydrogens is 176 g/mol. The molecular formula is C11H14N2O. The van der Waals surface area contributed by atoms with E-state index in [1.807, 2.05) is 30.0 Å². The van der Waals surface area contributed by atoms with Crippen molar-refractivity contribution in [3.05, 3.63) is 29.3 Å². The van der Waals surface area contributed by atoms with E-state index in [1.54, 1.807) is 0 Å². The SMILES string of the molecule is CCN1Cc2c(N)cccc2CC1=O. The van der Waals surface area contributed by atoms with Gasteiger partial charge in [-0.15, -0.1) is 0 Å². The van der Waals surface area contributed by atoms with Crippen LogP contribution < -0.4 is 5.73 Å². The molecule has 1 aliphatic heterocycles. The van der Waals surface area contributed by atoms with Gasteiger partial charge in [0.25, 0.3) is 0 Å². The Labute approximate surface area is 83.5 Å². The number of fused-ring (bicyclic) bond motifs is 1. The number of carbonyl (C=O) groups is 1. The van der Waals surface area contributed by atoms with Crippen molar-refractivity contribution >= 4 is 11.6 Å². The molecule has 0 saturated heterocycles. The predicted molar refractivity (Wildman–Crippen MR) is 55.6 cm³/mol. The van der Waals surface area contributed by atoms with Crippen LogP contribution in [0.4, 0.5) is 5.69 Å². The highest BCUT2D eigenvalue weighted by atomic mass is 16.2. The number of hydrogen-bond acceptors (Lipinski definition) is 2. The van der Waals surface area contributed by atoms with Gasteiger partial charge in [-0.2, -0.15) is 0 Å². The molecule has 0 bridgehead atoms. The Morgan fingerprint density at radius 3 is 3.00 bits per heavy atom. The Balaban J connectivity index is 2.40. The molecule has 0 spiro atoms. The Bertz CT molecular complexity index is 374. The van der Waals surface area contributed by atoms with Crippen LogP contribution >= 0.6 is 0 Å². The summed E-state index contributed by atoms with van der Waals surface area (Å²) in [5.74, 6) is 0.200. The zero-order valence-electron chi connectivity index (χ0n) is 8.29. The molecule has 0 fully saturated rings. The second-order valence-electron chi connectivity index (χ2n) is 3.57. The van der Waals surface area contributed by atoms with Gasteiger partial charge in [-0.1, -0.05) is 12.1 Å². The first-order valence-electron chi connectivity index (χ1n) is 4.86. The summed E-state index contributed by atoms with van der Waals surface area (Å²) in [4.78, 5) is 13.4. The first-order chi connectivity index (χ1) is 6.72. The minimum absolute atomic E-state index is 0.200. The molecule has 1 amide bonds. The van der Waals surface area contributed by atoms with E-state index in [-0.39, 0.29) is 5.91 Å². The van der Waals surface area contributed by atoms with Crippen molar-refractivity contribution in [3.63, 3.8) is 0 Å². The van der Waals surface area contributed by atoms with E-state index in [4.69, 9.17) is 5.73 Å². The molecule has 3 nitrogen and oxygen atoms in total. The normalized spacial score (nSPS) is 15.5. The molecule has 1 aliphatic rings. The van der Waals surface area contributed by atoms with E-state index in [9.17, 15) is 4.79 Å². The number of rotatable bonds is 1. The zero-order valence-corrected chi connectivity index (χ0v) is 8.29. The van der Waals surface area contributed by atoms with E-state index in [1.165, 1.54) is 0 Å². The number of nitrogens with two attached hydrogens (primary N) is 1. The number of carbonyl (C=O) groups excluding carboxylic acids is 1. The molecule has 74 valence electrons. The Hall–Kier alpha value is -1.51. The van der Waals surface area contributed by atoms with Crippen molar-refractivity contribution in [2.24, 2.45) is 0 Å². The Morgan fingerprint density at radius 2 is 2.29 bits per heavy atom. The number of nitrogens with zero attached hydrogens (tertiary/aromatic N) is 1. The lowest BCUT2D eigenvalue weighted by Crippen LogP contribution is -2.36. The first-order valence-corrected chi connectivity index (χ1v) is 4.86. The van der Waals surface area contributed by atoms with Crippen molar-refractivity contribution < 1.29 is 4.79 Å². The standard InChI is InChI=1S/C11H14N2O/c1-2-13-7-9-8(6-11(13)14)4-3-5-10(9)12/h3-5H,2,6-7,12H2,1H3. The van der Waals surface area contributed by atoms with Crippen LogP contribution in [0.25, 0.3) is 0 Å². The van der Waals surface area contributed by atoms with Crippen molar-refractivity contribution in [2.45, 2.75) is 19.9 Å². The van der Waals surface area contributed by atoms with Crippen LogP contribution in [-0.4, -0.2) is 17.4 Å². The van der Waals surface area contributed by atoms with E-state index in [0.29, 0.717) is 13.0 Å². The van der Waals surface area contributed by atoms with Gasteiger partial charge >= 0.3 is 0 Å². The number of hydrogen-bond donors (Lipinski definition) is 1. The summed E-state index contributed by atoms with van der Waals surface area (Å²) in [5.41, 5.74) is 8.87. The van der Waals surface area contributed by atoms with Crippen molar-refractivity contribution in [3.8, 4) is 0 Å². The van der Waals surface area contributed by atoms with Crippen LogP contribution in [0.2, 0.25) is 0 Å². The lowest BCUT2D eigenvalue weighted by atomic mass is 9.98. The molecule has 1 aromatic rings. The van der Waals surface area contributed by atoms with Crippen molar-refractivity contribution in [2.75, 3.05) is 12.3 Å². The summed E-state index contributed by atoms with van der Waals surface area (Å²) >= 11 is 0. The van der Waals surface area contributed by atoms with Crippen LogP contribution in [0.1, 0.15) is 18.1 Å². The fourth-order valence-corrected chi connectivity index (χ4v) is 1.85. The van der Waals surface area contributed by atoms with E-state index < -0.39 is 0 Å². The minimum Gasteiger partial charge on any atom is -0.398 e. The number of amides is 1. The molecule has 2 N–H and O–H groups in total. The van der Waals surface area contributed by atoms with Gasteiger partial charge in [0.15, 0.2) is 0 Å². The fraction of sp³-hybridized carbons (Fsp3) is 0.364. The van der Waals surface area contributed by atoms with Crippen LogP contribution in [-0.2, 0) is 17.8 Å². The monoisotopic (exact) mass is 190 g/mol. The molecule has 3 heteroatoms. The molecule has 0 aliphatic carbocycles. The average Bonchev–Trinajstić information content (AvgIpc) is 2.17. The summed E-state index contributed by atoms with van der Waals surface area (Å²) < 4.78 is 0. The molecule has 0 saturated carbocycles. The highest BCUT2D eigenvalue weighted by Crippen LogP contribution is 2.24. The third-order valence-corrected chi connectivity index (χ3v) is 2.73. The number of likely N-dealkylation sites (N-methyl/N-ethyl adjacent to an activating group) is 1. The van der Waals surface area contributed by atoms with Gasteiger partial charge in [-0.25, -0.2) is 0 Å². The average molecular weight is 190 g/mol. The van der Waals surface area contributed by atoms with Gasteiger partial charge in [0.05, 0.1) is 6.42 Å². The van der Waals surface area contributed by atoms with Crippen LogP contribution in [0.15, 0.2) is 18.2 Å². The molecule has 0 unspecified atom stereocenters. The maximum absolute atomic E-state index is 11.6. The van der Waals surface area contributed by atoms with E-state index in [2.05, 4.69) is 0 Å². The molecule has 1 heterocycles. The van der Waals surface area contributed by atoms with Gasteiger partial charge in [0, 0.05) is 18.8 Å². The summed E-state index contributed by atoms with van der Waals surface area (Å²) in [6, 6.07) is 5.78. The molecule has 0 aromatic heterocycles. The fourth-order valence-electron chi connectivity index (χ4n) is 1.85. The van der Waals surface area contributed by atoms with Gasteiger partial charge in [-0.3, -0.25) is 4.79 Å². The summed E-state index contributed by atoms with van der Waals surface area (Å²) in [5, 5.41) is 0. The van der Waals surface area contributed by atoms with Gasteiger partial charge in [0.2, 0.25) is 5.91 Å². The smallest absolute Gasteiger partial charge is 0.227 e. The van der Waals surface area contributed by atoms with Crippen molar-refractivity contribution in [1.82, 2.24) is 4.90 Å². The van der Waals surface area contributed by atoms with E-state index in [0.717, 1.165) is 23.4 Å². The van der Waals surface area contributed by atoms with Gasteiger partial charge in [-0.05, 0) is 24.1 Å². The molecule has 0 radical (unpaired) electrons. The Morgan fingerprint density at radius 1 is 1.50 bits per heavy atom. The third kappa shape index (κ3) is 1.35. The molecule has 14 heavy (non-hydrogen) atoms. The third-order valence-electron chi connectivity index (χ3n) is 2.73. The number of anilines is 1. The first kappa shape index (κ1) is 9.06.